The summed E-state index contributed by atoms with van der Waals surface area (Å²) in [5, 5.41) is 0.214. The van der Waals surface area contributed by atoms with Gasteiger partial charge in [0, 0.05) is 23.5 Å². The number of anilines is 2. The lowest BCUT2D eigenvalue weighted by Gasteiger charge is -2.30. The number of ether oxygens (including phenoxy) is 1. The molecule has 6 nitrogen and oxygen atoms in total. The van der Waals surface area contributed by atoms with Gasteiger partial charge < -0.3 is 9.64 Å². The minimum atomic E-state index is -3.83. The monoisotopic (exact) mass is 456 g/mol. The third-order valence-electron chi connectivity index (χ3n) is 5.15. The van der Waals surface area contributed by atoms with Gasteiger partial charge in [0.05, 0.1) is 17.0 Å². The molecule has 0 aromatic heterocycles. The van der Waals surface area contributed by atoms with Gasteiger partial charge in [0.15, 0.2) is 0 Å². The quantitative estimate of drug-likeness (QED) is 0.601. The zero-order valence-electron chi connectivity index (χ0n) is 16.8. The number of aryl methyl sites for hydroxylation is 1. The molecule has 160 valence electrons. The maximum atomic E-state index is 12.9. The number of fused-ring (bicyclic) bond motifs is 1. The van der Waals surface area contributed by atoms with Crippen molar-refractivity contribution >= 4 is 38.9 Å². The Kier molecular flexibility index (Phi) is 5.89. The fourth-order valence-corrected chi connectivity index (χ4v) is 5.03. The normalized spacial score (nSPS) is 13.4. The number of methoxy groups -OCH3 is 1. The minimum absolute atomic E-state index is 0.0388. The first-order chi connectivity index (χ1) is 14.9. The number of carbonyl (C=O) groups excluding carboxylic acids is 1. The highest BCUT2D eigenvalue weighted by atomic mass is 35.5. The van der Waals surface area contributed by atoms with Gasteiger partial charge in [-0.3, -0.25) is 9.52 Å². The molecule has 0 saturated carbocycles. The van der Waals surface area contributed by atoms with Crippen LogP contribution in [-0.2, 0) is 16.4 Å². The van der Waals surface area contributed by atoms with Crippen molar-refractivity contribution in [3.8, 4) is 5.75 Å². The molecule has 0 bridgehead atoms. The number of halogens is 1. The van der Waals surface area contributed by atoms with Crippen LogP contribution in [0.5, 0.6) is 5.75 Å². The number of nitrogens with one attached hydrogen (secondary N) is 1. The molecule has 3 aromatic rings. The van der Waals surface area contributed by atoms with Crippen molar-refractivity contribution in [2.45, 2.75) is 17.7 Å². The minimum Gasteiger partial charge on any atom is -0.495 e. The van der Waals surface area contributed by atoms with E-state index in [1.807, 2.05) is 18.2 Å². The van der Waals surface area contributed by atoms with Crippen molar-refractivity contribution in [2.24, 2.45) is 0 Å². The number of sulfonamides is 1. The van der Waals surface area contributed by atoms with E-state index in [0.717, 1.165) is 24.1 Å². The van der Waals surface area contributed by atoms with Crippen LogP contribution in [0.3, 0.4) is 0 Å². The van der Waals surface area contributed by atoms with E-state index < -0.39 is 10.0 Å². The lowest BCUT2D eigenvalue weighted by Crippen LogP contribution is -2.35. The van der Waals surface area contributed by atoms with E-state index in [9.17, 15) is 13.2 Å². The molecule has 0 radical (unpaired) electrons. The molecule has 3 aromatic carbocycles. The van der Waals surface area contributed by atoms with E-state index in [1.54, 1.807) is 35.2 Å². The SMILES string of the molecule is COc1ccc(S(=O)(=O)Nc2ccc3c(c2)CCCN3C(=O)c2ccccc2)cc1Cl. The smallest absolute Gasteiger partial charge is 0.261 e. The fourth-order valence-electron chi connectivity index (χ4n) is 3.64. The summed E-state index contributed by atoms with van der Waals surface area (Å²) in [6.45, 7) is 0.621. The fraction of sp³-hybridized carbons (Fsp3) is 0.174. The molecule has 1 aliphatic heterocycles. The highest BCUT2D eigenvalue weighted by Crippen LogP contribution is 2.32. The van der Waals surface area contributed by atoms with Crippen molar-refractivity contribution in [1.29, 1.82) is 0 Å². The van der Waals surface area contributed by atoms with Crippen molar-refractivity contribution < 1.29 is 17.9 Å². The number of amides is 1. The van der Waals surface area contributed by atoms with Gasteiger partial charge in [-0.25, -0.2) is 8.42 Å². The van der Waals surface area contributed by atoms with Crippen LogP contribution in [0.1, 0.15) is 22.3 Å². The molecule has 0 unspecified atom stereocenters. The summed E-state index contributed by atoms with van der Waals surface area (Å²) >= 11 is 6.07. The number of hydrogen-bond donors (Lipinski definition) is 1. The molecular formula is C23H21ClN2O4S. The van der Waals surface area contributed by atoms with Gasteiger partial charge in [-0.05, 0) is 66.9 Å². The van der Waals surface area contributed by atoms with E-state index in [2.05, 4.69) is 4.72 Å². The molecule has 1 aliphatic rings. The Morgan fingerprint density at radius 3 is 2.55 bits per heavy atom. The van der Waals surface area contributed by atoms with Crippen LogP contribution in [-0.4, -0.2) is 28.0 Å². The first-order valence-electron chi connectivity index (χ1n) is 9.75. The Morgan fingerprint density at radius 1 is 1.06 bits per heavy atom. The van der Waals surface area contributed by atoms with Gasteiger partial charge in [-0.2, -0.15) is 0 Å². The topological polar surface area (TPSA) is 75.7 Å². The summed E-state index contributed by atoms with van der Waals surface area (Å²) in [5.41, 5.74) is 2.77. The molecule has 0 spiro atoms. The van der Waals surface area contributed by atoms with Crippen LogP contribution in [0.25, 0.3) is 0 Å². The number of benzene rings is 3. The number of hydrogen-bond acceptors (Lipinski definition) is 4. The Balaban J connectivity index is 1.59. The summed E-state index contributed by atoms with van der Waals surface area (Å²) in [7, 11) is -2.37. The first kappa shape index (κ1) is 21.2. The lowest BCUT2D eigenvalue weighted by molar-refractivity contribution is 0.0985. The van der Waals surface area contributed by atoms with E-state index in [0.29, 0.717) is 23.5 Å². The second-order valence-corrected chi connectivity index (χ2v) is 9.26. The highest BCUT2D eigenvalue weighted by Gasteiger charge is 2.24. The molecule has 0 aliphatic carbocycles. The van der Waals surface area contributed by atoms with E-state index >= 15 is 0 Å². The second-order valence-electron chi connectivity index (χ2n) is 7.17. The van der Waals surface area contributed by atoms with Crippen molar-refractivity contribution in [3.63, 3.8) is 0 Å². The van der Waals surface area contributed by atoms with Gasteiger partial charge in [-0.15, -0.1) is 0 Å². The average Bonchev–Trinajstić information content (AvgIpc) is 2.78. The predicted octanol–water partition coefficient (Wildman–Crippen LogP) is 4.74. The standard InChI is InChI=1S/C23H21ClN2O4S/c1-30-22-12-10-19(15-20(22)24)31(28,29)25-18-9-11-21-17(14-18)8-5-13-26(21)23(27)16-6-3-2-4-7-16/h2-4,6-7,9-12,14-15,25H,5,8,13H2,1H3. The van der Waals surface area contributed by atoms with Crippen LogP contribution in [0.15, 0.2) is 71.6 Å². The molecule has 1 amide bonds. The maximum absolute atomic E-state index is 12.9. The Hall–Kier alpha value is -3.03. The van der Waals surface area contributed by atoms with Gasteiger partial charge in [0.25, 0.3) is 15.9 Å². The van der Waals surface area contributed by atoms with E-state index in [1.165, 1.54) is 25.3 Å². The van der Waals surface area contributed by atoms with Gasteiger partial charge in [0.2, 0.25) is 0 Å². The van der Waals surface area contributed by atoms with Crippen LogP contribution >= 0.6 is 11.6 Å². The Labute approximate surface area is 186 Å². The van der Waals surface area contributed by atoms with Crippen LogP contribution in [0.2, 0.25) is 5.02 Å². The van der Waals surface area contributed by atoms with Gasteiger partial charge in [0.1, 0.15) is 5.75 Å². The molecule has 0 fully saturated rings. The molecule has 4 rings (SSSR count). The van der Waals surface area contributed by atoms with Crippen molar-refractivity contribution in [2.75, 3.05) is 23.3 Å². The zero-order valence-corrected chi connectivity index (χ0v) is 18.4. The average molecular weight is 457 g/mol. The lowest BCUT2D eigenvalue weighted by atomic mass is 10.00. The summed E-state index contributed by atoms with van der Waals surface area (Å²) in [6, 6.07) is 18.6. The number of nitrogens with zero attached hydrogens (tertiary/aromatic N) is 1. The second kappa shape index (κ2) is 8.61. The van der Waals surface area contributed by atoms with E-state index in [4.69, 9.17) is 16.3 Å². The summed E-state index contributed by atoms with van der Waals surface area (Å²) in [5.74, 6) is 0.334. The maximum Gasteiger partial charge on any atom is 0.261 e. The van der Waals surface area contributed by atoms with E-state index in [-0.39, 0.29) is 15.8 Å². The summed E-state index contributed by atoms with van der Waals surface area (Å²) in [4.78, 5) is 14.7. The Morgan fingerprint density at radius 2 is 1.84 bits per heavy atom. The third-order valence-corrected chi connectivity index (χ3v) is 6.82. The predicted molar refractivity (Wildman–Crippen MR) is 122 cm³/mol. The van der Waals surface area contributed by atoms with Gasteiger partial charge in [-0.1, -0.05) is 29.8 Å². The van der Waals surface area contributed by atoms with Crippen LogP contribution < -0.4 is 14.4 Å². The Bertz CT molecular complexity index is 1230. The van der Waals surface area contributed by atoms with Crippen molar-refractivity contribution in [1.82, 2.24) is 0 Å². The summed E-state index contributed by atoms with van der Waals surface area (Å²) < 4.78 is 33.3. The molecule has 1 heterocycles. The van der Waals surface area contributed by atoms with Crippen molar-refractivity contribution in [3.05, 3.63) is 82.9 Å². The molecule has 31 heavy (non-hydrogen) atoms. The molecule has 0 atom stereocenters. The molecule has 1 N–H and O–H groups in total. The van der Waals surface area contributed by atoms with Crippen LogP contribution in [0.4, 0.5) is 11.4 Å². The summed E-state index contributed by atoms with van der Waals surface area (Å²) in [6.07, 6.45) is 1.56. The number of carbonyl (C=O) groups is 1. The van der Waals surface area contributed by atoms with Gasteiger partial charge >= 0.3 is 0 Å². The first-order valence-corrected chi connectivity index (χ1v) is 11.6. The molecular weight excluding hydrogens is 436 g/mol. The highest BCUT2D eigenvalue weighted by molar-refractivity contribution is 7.92. The largest absolute Gasteiger partial charge is 0.495 e. The molecule has 0 saturated heterocycles. The van der Waals surface area contributed by atoms with Crippen LogP contribution in [0, 0.1) is 0 Å². The molecule has 8 heteroatoms. The number of rotatable bonds is 5. The zero-order chi connectivity index (χ0) is 22.0. The third kappa shape index (κ3) is 4.38.